The molecule has 3 atom stereocenters. The standard InChI is InChI=1S/C19H29N2.2CH4/c1-2-7-11-17(12-8-3-1)20-13-14-21-19-15-18(19)16-9-5-4-6-10-16;;/h4-6,9-11,17-21H,1-3,7-8,12-15H2;2*1H4. The van der Waals surface area contributed by atoms with Crippen molar-refractivity contribution in [3.05, 3.63) is 42.3 Å². The van der Waals surface area contributed by atoms with Crippen LogP contribution in [0.5, 0.6) is 0 Å². The summed E-state index contributed by atoms with van der Waals surface area (Å²) in [6, 6.07) is 12.3. The summed E-state index contributed by atoms with van der Waals surface area (Å²) in [5.74, 6) is 0.749. The zero-order chi connectivity index (χ0) is 14.3. The van der Waals surface area contributed by atoms with Crippen LogP contribution in [-0.2, 0) is 0 Å². The summed E-state index contributed by atoms with van der Waals surface area (Å²) in [4.78, 5) is 0. The SMILES string of the molecule is C.C.[CH]1CCCCCCC1NCCNC1CC1c1ccccc1. The van der Waals surface area contributed by atoms with Crippen LogP contribution >= 0.6 is 0 Å². The Kier molecular flexibility index (Phi) is 9.50. The second-order valence-electron chi connectivity index (χ2n) is 6.60. The molecule has 131 valence electrons. The van der Waals surface area contributed by atoms with E-state index in [9.17, 15) is 0 Å². The van der Waals surface area contributed by atoms with E-state index >= 15 is 0 Å². The fourth-order valence-electron chi connectivity index (χ4n) is 3.49. The van der Waals surface area contributed by atoms with Crippen LogP contribution in [0.2, 0.25) is 0 Å². The summed E-state index contributed by atoms with van der Waals surface area (Å²) >= 11 is 0. The lowest BCUT2D eigenvalue weighted by Gasteiger charge is -2.20. The monoisotopic (exact) mass is 317 g/mol. The van der Waals surface area contributed by atoms with Crippen molar-refractivity contribution in [3.63, 3.8) is 0 Å². The molecule has 0 bridgehead atoms. The molecular weight excluding hydrogens is 280 g/mol. The van der Waals surface area contributed by atoms with Crippen LogP contribution in [0.15, 0.2) is 30.3 Å². The fourth-order valence-corrected chi connectivity index (χ4v) is 3.49. The molecule has 0 aromatic heterocycles. The summed E-state index contributed by atoms with van der Waals surface area (Å²) in [5.41, 5.74) is 1.50. The van der Waals surface area contributed by atoms with E-state index in [1.54, 1.807) is 0 Å². The minimum absolute atomic E-state index is 0. The fraction of sp³-hybridized carbons (Fsp3) is 0.667. The summed E-state index contributed by atoms with van der Waals surface area (Å²) in [5, 5.41) is 7.41. The Bertz CT molecular complexity index is 396. The third-order valence-electron chi connectivity index (χ3n) is 4.88. The Balaban J connectivity index is 0.00000132. The lowest BCUT2D eigenvalue weighted by Crippen LogP contribution is -2.36. The van der Waals surface area contributed by atoms with Crippen molar-refractivity contribution in [1.82, 2.24) is 10.6 Å². The number of rotatable bonds is 6. The highest BCUT2D eigenvalue weighted by Gasteiger charge is 2.37. The van der Waals surface area contributed by atoms with Crippen LogP contribution in [0, 0.1) is 6.42 Å². The zero-order valence-electron chi connectivity index (χ0n) is 13.1. The normalized spacial score (nSPS) is 24.7. The first kappa shape index (κ1) is 20.2. The molecule has 1 radical (unpaired) electrons. The van der Waals surface area contributed by atoms with Crippen molar-refractivity contribution in [3.8, 4) is 0 Å². The van der Waals surface area contributed by atoms with Gasteiger partial charge in [0.25, 0.3) is 0 Å². The predicted molar refractivity (Wildman–Crippen MR) is 103 cm³/mol. The zero-order valence-corrected chi connectivity index (χ0v) is 13.1. The molecule has 2 heteroatoms. The molecule has 0 amide bonds. The molecule has 2 aliphatic rings. The topological polar surface area (TPSA) is 24.1 Å². The van der Waals surface area contributed by atoms with Gasteiger partial charge in [0.05, 0.1) is 0 Å². The van der Waals surface area contributed by atoms with Gasteiger partial charge in [-0.2, -0.15) is 0 Å². The van der Waals surface area contributed by atoms with E-state index in [4.69, 9.17) is 0 Å². The van der Waals surface area contributed by atoms with Crippen LogP contribution in [0.3, 0.4) is 0 Å². The lowest BCUT2D eigenvalue weighted by molar-refractivity contribution is 0.450. The third kappa shape index (κ3) is 6.64. The minimum atomic E-state index is 0. The largest absolute Gasteiger partial charge is 0.312 e. The lowest BCUT2D eigenvalue weighted by atomic mass is 9.97. The Hall–Kier alpha value is -0.860. The minimum Gasteiger partial charge on any atom is -0.312 e. The Morgan fingerprint density at radius 1 is 0.870 bits per heavy atom. The third-order valence-corrected chi connectivity index (χ3v) is 4.88. The molecule has 3 unspecified atom stereocenters. The molecule has 2 saturated carbocycles. The maximum absolute atomic E-state index is 3.71. The van der Waals surface area contributed by atoms with Gasteiger partial charge in [0, 0.05) is 31.1 Å². The number of benzene rings is 1. The smallest absolute Gasteiger partial charge is 0.0143 e. The van der Waals surface area contributed by atoms with Crippen molar-refractivity contribution in [2.24, 2.45) is 0 Å². The van der Waals surface area contributed by atoms with Gasteiger partial charge < -0.3 is 10.6 Å². The molecule has 2 nitrogen and oxygen atoms in total. The molecule has 2 aliphatic carbocycles. The molecule has 0 aliphatic heterocycles. The summed E-state index contributed by atoms with van der Waals surface area (Å²) in [6.45, 7) is 2.19. The summed E-state index contributed by atoms with van der Waals surface area (Å²) in [7, 11) is 0. The van der Waals surface area contributed by atoms with E-state index < -0.39 is 0 Å². The van der Waals surface area contributed by atoms with Crippen LogP contribution in [0.4, 0.5) is 0 Å². The van der Waals surface area contributed by atoms with E-state index in [-0.39, 0.29) is 14.9 Å². The van der Waals surface area contributed by atoms with E-state index in [2.05, 4.69) is 47.4 Å². The maximum Gasteiger partial charge on any atom is 0.0143 e. The first-order valence-corrected chi connectivity index (χ1v) is 8.78. The quantitative estimate of drug-likeness (QED) is 0.728. The van der Waals surface area contributed by atoms with E-state index in [0.29, 0.717) is 12.1 Å². The van der Waals surface area contributed by atoms with Crippen molar-refractivity contribution >= 4 is 0 Å². The number of hydrogen-bond donors (Lipinski definition) is 2. The molecule has 0 saturated heterocycles. The van der Waals surface area contributed by atoms with E-state index in [0.717, 1.165) is 19.0 Å². The van der Waals surface area contributed by atoms with Crippen LogP contribution in [0.1, 0.15) is 71.3 Å². The molecule has 0 heterocycles. The molecule has 1 aromatic carbocycles. The highest BCUT2D eigenvalue weighted by molar-refractivity contribution is 5.27. The molecule has 0 spiro atoms. The highest BCUT2D eigenvalue weighted by Crippen LogP contribution is 2.40. The Morgan fingerprint density at radius 3 is 2.43 bits per heavy atom. The molecule has 2 fully saturated rings. The van der Waals surface area contributed by atoms with Crippen molar-refractivity contribution in [1.29, 1.82) is 0 Å². The first-order valence-electron chi connectivity index (χ1n) is 8.78. The second kappa shape index (κ2) is 10.8. The van der Waals surface area contributed by atoms with Gasteiger partial charge in [-0.15, -0.1) is 0 Å². The van der Waals surface area contributed by atoms with Crippen molar-refractivity contribution in [2.75, 3.05) is 13.1 Å². The van der Waals surface area contributed by atoms with E-state index in [1.807, 2.05) is 0 Å². The van der Waals surface area contributed by atoms with Gasteiger partial charge in [-0.05, 0) is 31.2 Å². The van der Waals surface area contributed by atoms with Crippen LogP contribution < -0.4 is 10.6 Å². The average molecular weight is 318 g/mol. The van der Waals surface area contributed by atoms with Crippen molar-refractivity contribution < 1.29 is 0 Å². The predicted octanol–water partition coefficient (Wildman–Crippen LogP) is 4.92. The molecule has 3 rings (SSSR count). The van der Waals surface area contributed by atoms with Gasteiger partial charge in [-0.25, -0.2) is 0 Å². The van der Waals surface area contributed by atoms with Gasteiger partial charge >= 0.3 is 0 Å². The van der Waals surface area contributed by atoms with Crippen LogP contribution in [0.25, 0.3) is 0 Å². The molecule has 23 heavy (non-hydrogen) atoms. The van der Waals surface area contributed by atoms with Crippen molar-refractivity contribution in [2.45, 2.75) is 77.8 Å². The first-order chi connectivity index (χ1) is 10.4. The maximum atomic E-state index is 3.71. The van der Waals surface area contributed by atoms with E-state index in [1.165, 1.54) is 50.5 Å². The highest BCUT2D eigenvalue weighted by atomic mass is 15.0. The Labute approximate surface area is 144 Å². The summed E-state index contributed by atoms with van der Waals surface area (Å²) < 4.78 is 0. The van der Waals surface area contributed by atoms with Gasteiger partial charge in [0.1, 0.15) is 0 Å². The number of hydrogen-bond acceptors (Lipinski definition) is 2. The Morgan fingerprint density at radius 2 is 1.61 bits per heavy atom. The van der Waals surface area contributed by atoms with Gasteiger partial charge in [-0.3, -0.25) is 0 Å². The average Bonchev–Trinajstić information content (AvgIpc) is 3.26. The van der Waals surface area contributed by atoms with Gasteiger partial charge in [0.2, 0.25) is 0 Å². The second-order valence-corrected chi connectivity index (χ2v) is 6.60. The molecular formula is C21H37N2. The van der Waals surface area contributed by atoms with Crippen LogP contribution in [-0.4, -0.2) is 25.2 Å². The van der Waals surface area contributed by atoms with Gasteiger partial charge in [0.15, 0.2) is 0 Å². The number of nitrogens with one attached hydrogen (secondary N) is 2. The van der Waals surface area contributed by atoms with Gasteiger partial charge in [-0.1, -0.05) is 70.9 Å². The molecule has 1 aromatic rings. The summed E-state index contributed by atoms with van der Waals surface area (Å²) in [6.07, 6.45) is 12.1. The molecule has 2 N–H and O–H groups in total.